The first-order valence-corrected chi connectivity index (χ1v) is 5.42. The van der Waals surface area contributed by atoms with Gasteiger partial charge in [0.1, 0.15) is 5.75 Å². The lowest BCUT2D eigenvalue weighted by Crippen LogP contribution is -2.04. The first-order chi connectivity index (χ1) is 8.26. The van der Waals surface area contributed by atoms with Crippen LogP contribution in [-0.2, 0) is 16.0 Å². The Morgan fingerprint density at radius 3 is 2.65 bits per heavy atom. The molecule has 0 heterocycles. The molecule has 0 N–H and O–H groups in total. The summed E-state index contributed by atoms with van der Waals surface area (Å²) in [7, 11) is 0. The van der Waals surface area contributed by atoms with E-state index in [2.05, 4.69) is 6.58 Å². The van der Waals surface area contributed by atoms with E-state index in [1.807, 2.05) is 37.3 Å². The smallest absolute Gasteiger partial charge is 0.330 e. The highest BCUT2D eigenvalue weighted by atomic mass is 16.5. The Morgan fingerprint density at radius 2 is 2.06 bits per heavy atom. The molecule has 90 valence electrons. The Balaban J connectivity index is 2.40. The molecule has 0 aliphatic heterocycles. The lowest BCUT2D eigenvalue weighted by molar-refractivity contribution is -0.137. The number of esters is 1. The van der Waals surface area contributed by atoms with Crippen molar-refractivity contribution in [2.45, 2.75) is 13.3 Å². The number of rotatable bonds is 6. The van der Waals surface area contributed by atoms with Crippen molar-refractivity contribution in [2.75, 3.05) is 6.61 Å². The molecule has 0 fully saturated rings. The molecular weight excluding hydrogens is 216 g/mol. The van der Waals surface area contributed by atoms with Gasteiger partial charge >= 0.3 is 5.97 Å². The lowest BCUT2D eigenvalue weighted by atomic mass is 10.1. The van der Waals surface area contributed by atoms with Gasteiger partial charge in [-0.05, 0) is 24.6 Å². The van der Waals surface area contributed by atoms with E-state index in [-0.39, 0.29) is 0 Å². The quantitative estimate of drug-likeness (QED) is 0.430. The fraction of sp³-hybridized carbons (Fsp3) is 0.214. The Hall–Kier alpha value is -2.03. The summed E-state index contributed by atoms with van der Waals surface area (Å²) in [6, 6.07) is 7.65. The number of hydrogen-bond acceptors (Lipinski definition) is 3. The second-order valence-corrected chi connectivity index (χ2v) is 3.35. The molecule has 1 aromatic carbocycles. The second kappa shape index (κ2) is 7.28. The van der Waals surface area contributed by atoms with Crippen LogP contribution in [0.15, 0.2) is 49.3 Å². The van der Waals surface area contributed by atoms with Crippen molar-refractivity contribution in [3.63, 3.8) is 0 Å². The molecule has 0 saturated heterocycles. The van der Waals surface area contributed by atoms with Gasteiger partial charge in [-0.25, -0.2) is 4.79 Å². The predicted molar refractivity (Wildman–Crippen MR) is 66.7 cm³/mol. The Bertz CT molecular complexity index is 390. The standard InChI is InChI=1S/C14H16O3/c1-3-10-16-13-7-5-12(6-8-13)9-11-17-14(15)4-2/h3-8,10H,2,9,11H2,1H3. The minimum atomic E-state index is -0.391. The van der Waals surface area contributed by atoms with Gasteiger partial charge in [0.2, 0.25) is 0 Å². The maximum absolute atomic E-state index is 10.8. The molecule has 1 rings (SSSR count). The van der Waals surface area contributed by atoms with Crippen LogP contribution in [0, 0.1) is 0 Å². The van der Waals surface area contributed by atoms with Gasteiger partial charge in [-0.2, -0.15) is 0 Å². The zero-order valence-corrected chi connectivity index (χ0v) is 9.89. The van der Waals surface area contributed by atoms with E-state index >= 15 is 0 Å². The molecule has 0 saturated carbocycles. The Morgan fingerprint density at radius 1 is 1.35 bits per heavy atom. The van der Waals surface area contributed by atoms with Crippen LogP contribution in [0.25, 0.3) is 0 Å². The SMILES string of the molecule is C=CC(=O)OCCc1ccc(OC=CC)cc1. The van der Waals surface area contributed by atoms with E-state index < -0.39 is 5.97 Å². The molecule has 0 aliphatic rings. The number of ether oxygens (including phenoxy) is 2. The summed E-state index contributed by atoms with van der Waals surface area (Å²) in [5.41, 5.74) is 1.09. The van der Waals surface area contributed by atoms with E-state index in [9.17, 15) is 4.79 Å². The van der Waals surface area contributed by atoms with Crippen LogP contribution in [0.1, 0.15) is 12.5 Å². The highest BCUT2D eigenvalue weighted by Crippen LogP contribution is 2.12. The summed E-state index contributed by atoms with van der Waals surface area (Å²) < 4.78 is 10.2. The van der Waals surface area contributed by atoms with Crippen LogP contribution in [0.5, 0.6) is 5.75 Å². The zero-order valence-electron chi connectivity index (χ0n) is 9.89. The van der Waals surface area contributed by atoms with E-state index in [1.54, 1.807) is 6.26 Å². The molecule has 0 radical (unpaired) electrons. The van der Waals surface area contributed by atoms with Crippen molar-refractivity contribution in [2.24, 2.45) is 0 Å². The molecule has 17 heavy (non-hydrogen) atoms. The minimum absolute atomic E-state index is 0.361. The fourth-order valence-corrected chi connectivity index (χ4v) is 1.21. The summed E-state index contributed by atoms with van der Waals surface area (Å²) in [4.78, 5) is 10.8. The van der Waals surface area contributed by atoms with Gasteiger partial charge in [-0.15, -0.1) is 0 Å². The fourth-order valence-electron chi connectivity index (χ4n) is 1.21. The van der Waals surface area contributed by atoms with Crippen LogP contribution in [0.2, 0.25) is 0 Å². The van der Waals surface area contributed by atoms with Gasteiger partial charge in [0.25, 0.3) is 0 Å². The first kappa shape index (κ1) is 13.0. The largest absolute Gasteiger partial charge is 0.465 e. The molecule has 3 heteroatoms. The summed E-state index contributed by atoms with van der Waals surface area (Å²) in [5, 5.41) is 0. The molecular formula is C14H16O3. The average molecular weight is 232 g/mol. The monoisotopic (exact) mass is 232 g/mol. The van der Waals surface area contributed by atoms with Crippen molar-refractivity contribution >= 4 is 5.97 Å². The minimum Gasteiger partial charge on any atom is -0.465 e. The van der Waals surface area contributed by atoms with Crippen LogP contribution >= 0.6 is 0 Å². The third-order valence-electron chi connectivity index (χ3n) is 2.07. The van der Waals surface area contributed by atoms with Gasteiger partial charge in [-0.1, -0.05) is 24.8 Å². The molecule has 1 aromatic rings. The normalized spacial score (nSPS) is 10.2. The second-order valence-electron chi connectivity index (χ2n) is 3.35. The highest BCUT2D eigenvalue weighted by Gasteiger charge is 1.98. The van der Waals surface area contributed by atoms with Gasteiger partial charge in [-0.3, -0.25) is 0 Å². The summed E-state index contributed by atoms with van der Waals surface area (Å²) in [6.45, 7) is 5.58. The Labute approximate surface area is 101 Å². The first-order valence-electron chi connectivity index (χ1n) is 5.42. The van der Waals surface area contributed by atoms with Crippen molar-refractivity contribution < 1.29 is 14.3 Å². The molecule has 3 nitrogen and oxygen atoms in total. The van der Waals surface area contributed by atoms with Crippen molar-refractivity contribution in [1.82, 2.24) is 0 Å². The van der Waals surface area contributed by atoms with Gasteiger partial charge in [0, 0.05) is 12.5 Å². The van der Waals surface area contributed by atoms with Gasteiger partial charge < -0.3 is 9.47 Å². The Kier molecular flexibility index (Phi) is 5.58. The maximum Gasteiger partial charge on any atom is 0.330 e. The number of benzene rings is 1. The topological polar surface area (TPSA) is 35.5 Å². The molecule has 0 spiro atoms. The van der Waals surface area contributed by atoms with E-state index in [0.717, 1.165) is 17.4 Å². The predicted octanol–water partition coefficient (Wildman–Crippen LogP) is 2.87. The van der Waals surface area contributed by atoms with Crippen LogP contribution in [0.4, 0.5) is 0 Å². The van der Waals surface area contributed by atoms with Gasteiger partial charge in [0.05, 0.1) is 12.9 Å². The number of hydrogen-bond donors (Lipinski definition) is 0. The molecule has 0 bridgehead atoms. The number of allylic oxidation sites excluding steroid dienone is 1. The zero-order chi connectivity index (χ0) is 12.5. The third-order valence-corrected chi connectivity index (χ3v) is 2.07. The molecule has 0 unspecified atom stereocenters. The van der Waals surface area contributed by atoms with Crippen molar-refractivity contribution in [3.8, 4) is 5.75 Å². The van der Waals surface area contributed by atoms with Crippen molar-refractivity contribution in [1.29, 1.82) is 0 Å². The highest BCUT2D eigenvalue weighted by molar-refractivity contribution is 5.81. The molecule has 0 aliphatic carbocycles. The number of carbonyl (C=O) groups is 1. The third kappa shape index (κ3) is 5.02. The lowest BCUT2D eigenvalue weighted by Gasteiger charge is -2.04. The van der Waals surface area contributed by atoms with Crippen LogP contribution in [0.3, 0.4) is 0 Å². The average Bonchev–Trinajstić information content (AvgIpc) is 2.37. The summed E-state index contributed by atoms with van der Waals surface area (Å²) >= 11 is 0. The van der Waals surface area contributed by atoms with E-state index in [0.29, 0.717) is 13.0 Å². The maximum atomic E-state index is 10.8. The van der Waals surface area contributed by atoms with Gasteiger partial charge in [0.15, 0.2) is 0 Å². The molecule has 0 aromatic heterocycles. The van der Waals surface area contributed by atoms with Crippen LogP contribution in [-0.4, -0.2) is 12.6 Å². The van der Waals surface area contributed by atoms with Crippen LogP contribution < -0.4 is 4.74 Å². The van der Waals surface area contributed by atoms with E-state index in [1.165, 1.54) is 0 Å². The molecule has 0 atom stereocenters. The number of carbonyl (C=O) groups excluding carboxylic acids is 1. The summed E-state index contributed by atoms with van der Waals surface area (Å²) in [6.07, 6.45) is 5.29. The van der Waals surface area contributed by atoms with E-state index in [4.69, 9.17) is 9.47 Å². The van der Waals surface area contributed by atoms with Crippen molar-refractivity contribution in [3.05, 3.63) is 54.8 Å². The molecule has 0 amide bonds. The summed E-state index contributed by atoms with van der Waals surface area (Å²) in [5.74, 6) is 0.396.